The fourth-order valence-electron chi connectivity index (χ4n) is 3.24. The highest BCUT2D eigenvalue weighted by atomic mass is 32.2. The average molecular weight is 1110 g/mol. The number of imide groups is 1. The van der Waals surface area contributed by atoms with Crippen molar-refractivity contribution >= 4 is 76.5 Å². The molecule has 424 valence electrons. The van der Waals surface area contributed by atoms with E-state index in [0.717, 1.165) is 0 Å². The van der Waals surface area contributed by atoms with E-state index in [0.29, 0.717) is 42.1 Å². The number of nitrogens with one attached hydrogen (secondary N) is 5. The molecule has 0 aliphatic heterocycles. The maximum absolute atomic E-state index is 11.5. The van der Waals surface area contributed by atoms with Gasteiger partial charge in [-0.1, -0.05) is 138 Å². The number of alkyl carbamates (subject to hydrolysis) is 1. The molecule has 0 aromatic heterocycles. The lowest BCUT2D eigenvalue weighted by atomic mass is 10.2. The number of amides is 6. The standard InChI is InChI=1S/2C9H19NO4S.C9H19NO3S.C9H17NO3.C8H18N2O3S/c1-7(2)6-14-15(12,13)10(5)9(11)8(3)4;1-7(2)5-6-14-15(12,13)10-9(11)8(3)4;1-7(2)5-6-14(12,13)10-9(11)8(3)4;1-6(2)5-13-9(12)10-8(11)7(3)4;1-6(2)5-9-14(12,13)10-8(11)7(3)4/h7-8H,6H2,1-5H3;7-8H,5-6H2,1-4H3,(H,10,11);7-8H,5-6H2,1-4H3,(H,10,11);6-7H,5H2,1-4H3,(H,10,11,12);6-7,9H,5H2,1-4H3,(H,10,11). The second kappa shape index (κ2) is 38.1. The van der Waals surface area contributed by atoms with Gasteiger partial charge in [-0.25, -0.2) is 27.0 Å². The van der Waals surface area contributed by atoms with Crippen LogP contribution in [0.3, 0.4) is 0 Å². The quantitative estimate of drug-likeness (QED) is 0.0847. The van der Waals surface area contributed by atoms with Crippen LogP contribution in [0.4, 0.5) is 4.79 Å². The van der Waals surface area contributed by atoms with Crippen LogP contribution in [0.15, 0.2) is 0 Å². The van der Waals surface area contributed by atoms with Crippen molar-refractivity contribution in [3.8, 4) is 0 Å². The maximum atomic E-state index is 11.5. The zero-order chi connectivity index (χ0) is 57.4. The zero-order valence-electron chi connectivity index (χ0n) is 46.2. The topological polar surface area (TPSA) is 330 Å². The first-order valence-corrected chi connectivity index (χ1v) is 29.5. The molecule has 6 amide bonds. The maximum Gasteiger partial charge on any atom is 0.413 e. The third-order valence-electron chi connectivity index (χ3n) is 7.86. The van der Waals surface area contributed by atoms with E-state index < -0.39 is 70.6 Å². The number of hydrogen-bond acceptors (Lipinski definition) is 17. The molecule has 0 unspecified atom stereocenters. The Morgan fingerprint density at radius 3 is 1.24 bits per heavy atom. The van der Waals surface area contributed by atoms with Crippen LogP contribution >= 0.6 is 0 Å². The Balaban J connectivity index is -0.000000256. The summed E-state index contributed by atoms with van der Waals surface area (Å²) in [7, 11) is -13.7. The smallest absolute Gasteiger partial charge is 0.413 e. The normalized spacial score (nSPS) is 11.8. The molecule has 0 fully saturated rings. The molecule has 0 aromatic rings. The largest absolute Gasteiger partial charge is 0.449 e. The van der Waals surface area contributed by atoms with E-state index in [-0.39, 0.29) is 72.2 Å². The molecule has 0 aliphatic rings. The van der Waals surface area contributed by atoms with E-state index in [4.69, 9.17) is 8.92 Å². The zero-order valence-corrected chi connectivity index (χ0v) is 49.5. The Kier molecular flexibility index (Phi) is 41.0. The van der Waals surface area contributed by atoms with Gasteiger partial charge in [0.1, 0.15) is 0 Å². The minimum atomic E-state index is -3.92. The van der Waals surface area contributed by atoms with Gasteiger partial charge in [-0.3, -0.25) is 42.4 Å². The van der Waals surface area contributed by atoms with Gasteiger partial charge in [-0.2, -0.15) is 30.0 Å². The molecule has 0 radical (unpaired) electrons. The van der Waals surface area contributed by atoms with Crippen molar-refractivity contribution in [3.63, 3.8) is 0 Å². The summed E-state index contributed by atoms with van der Waals surface area (Å²) in [6.45, 7) is 36.4. The van der Waals surface area contributed by atoms with Crippen LogP contribution in [-0.2, 0) is 77.9 Å². The highest BCUT2D eigenvalue weighted by Gasteiger charge is 2.26. The fourth-order valence-corrected chi connectivity index (χ4v) is 7.68. The van der Waals surface area contributed by atoms with Crippen molar-refractivity contribution < 1.29 is 75.5 Å². The molecule has 0 aliphatic carbocycles. The lowest BCUT2D eigenvalue weighted by Crippen LogP contribution is -2.43. The minimum Gasteiger partial charge on any atom is -0.449 e. The lowest BCUT2D eigenvalue weighted by Gasteiger charge is -2.19. The predicted octanol–water partition coefficient (Wildman–Crippen LogP) is 5.02. The Bertz CT molecular complexity index is 1960. The van der Waals surface area contributed by atoms with Gasteiger partial charge in [0.2, 0.25) is 39.6 Å². The molecule has 0 atom stereocenters. The van der Waals surface area contributed by atoms with E-state index >= 15 is 0 Å². The van der Waals surface area contributed by atoms with Crippen molar-refractivity contribution in [2.45, 2.75) is 151 Å². The molecule has 71 heavy (non-hydrogen) atoms. The minimum absolute atomic E-state index is 0.0170. The SMILES string of the molecule is CC(C)CCOS(=O)(=O)NC(=O)C(C)C.CC(C)CCS(=O)(=O)NC(=O)C(C)C.CC(C)CNS(=O)(=O)NC(=O)C(C)C.CC(C)COC(=O)NC(=O)C(C)C.CC(C)COS(=O)(=O)N(C)C(=O)C(C)C. The lowest BCUT2D eigenvalue weighted by molar-refractivity contribution is -0.129. The molecule has 0 saturated heterocycles. The first kappa shape index (κ1) is 76.4. The highest BCUT2D eigenvalue weighted by molar-refractivity contribution is 7.90. The summed E-state index contributed by atoms with van der Waals surface area (Å²) in [6.07, 6.45) is 0.546. The third-order valence-corrected chi connectivity index (χ3v) is 12.4. The van der Waals surface area contributed by atoms with Crippen molar-refractivity contribution in [2.75, 3.05) is 39.2 Å². The molecular formula is C44H92N6O17S4. The number of sulfonamides is 1. The molecular weight excluding hydrogens is 1010 g/mol. The van der Waals surface area contributed by atoms with Gasteiger partial charge in [0, 0.05) is 43.2 Å². The molecule has 0 heterocycles. The summed E-state index contributed by atoms with van der Waals surface area (Å²) in [6, 6.07) is 0. The Labute approximate surface area is 428 Å². The Hall–Kier alpha value is -3.50. The van der Waals surface area contributed by atoms with E-state index in [1.54, 1.807) is 69.2 Å². The molecule has 27 heteroatoms. The molecule has 0 spiro atoms. The van der Waals surface area contributed by atoms with Gasteiger partial charge in [0.05, 0.1) is 25.6 Å². The number of ether oxygens (including phenoxy) is 1. The molecule has 0 saturated carbocycles. The molecule has 0 bridgehead atoms. The summed E-state index contributed by atoms with van der Waals surface area (Å²) in [5, 5.41) is 2.13. The fraction of sp³-hybridized carbons (Fsp3) is 0.864. The Morgan fingerprint density at radius 1 is 0.465 bits per heavy atom. The van der Waals surface area contributed by atoms with Crippen LogP contribution in [-0.4, -0.2) is 113 Å². The van der Waals surface area contributed by atoms with Crippen molar-refractivity contribution in [3.05, 3.63) is 0 Å². The number of carbonyl (C=O) groups excluding carboxylic acids is 6. The monoisotopic (exact) mass is 1100 g/mol. The van der Waals surface area contributed by atoms with Crippen LogP contribution in [0.1, 0.15) is 151 Å². The van der Waals surface area contributed by atoms with Crippen molar-refractivity contribution in [1.82, 2.24) is 28.5 Å². The first-order chi connectivity index (χ1) is 31.8. The van der Waals surface area contributed by atoms with Crippen LogP contribution in [0, 0.1) is 59.2 Å². The predicted molar refractivity (Wildman–Crippen MR) is 275 cm³/mol. The van der Waals surface area contributed by atoms with E-state index in [1.807, 2.05) is 83.4 Å². The second-order valence-electron chi connectivity index (χ2n) is 19.8. The van der Waals surface area contributed by atoms with Crippen LogP contribution in [0.25, 0.3) is 0 Å². The summed E-state index contributed by atoms with van der Waals surface area (Å²) in [4.78, 5) is 66.6. The first-order valence-electron chi connectivity index (χ1n) is 23.6. The van der Waals surface area contributed by atoms with Gasteiger partial charge in [0.25, 0.3) is 0 Å². The number of hydrogen-bond donors (Lipinski definition) is 5. The number of carbonyl (C=O) groups is 6. The molecule has 0 aromatic carbocycles. The number of rotatable bonds is 24. The summed E-state index contributed by atoms with van der Waals surface area (Å²) < 4.78 is 113. The van der Waals surface area contributed by atoms with Gasteiger partial charge < -0.3 is 4.74 Å². The van der Waals surface area contributed by atoms with Gasteiger partial charge in [-0.05, 0) is 42.4 Å². The van der Waals surface area contributed by atoms with Crippen LogP contribution in [0.2, 0.25) is 0 Å². The van der Waals surface area contributed by atoms with Gasteiger partial charge in [0.15, 0.2) is 0 Å². The molecule has 23 nitrogen and oxygen atoms in total. The summed E-state index contributed by atoms with van der Waals surface area (Å²) >= 11 is 0. The van der Waals surface area contributed by atoms with E-state index in [2.05, 4.69) is 14.2 Å². The second-order valence-corrected chi connectivity index (χ2v) is 26.1. The van der Waals surface area contributed by atoms with Gasteiger partial charge in [-0.15, -0.1) is 0 Å². The average Bonchev–Trinajstić information content (AvgIpc) is 3.20. The van der Waals surface area contributed by atoms with E-state index in [1.165, 1.54) is 7.05 Å². The van der Waals surface area contributed by atoms with Crippen LogP contribution in [0.5, 0.6) is 0 Å². The summed E-state index contributed by atoms with van der Waals surface area (Å²) in [5.41, 5.74) is 0. The van der Waals surface area contributed by atoms with Crippen molar-refractivity contribution in [1.29, 1.82) is 0 Å². The van der Waals surface area contributed by atoms with Crippen LogP contribution < -0.4 is 24.2 Å². The third kappa shape index (κ3) is 48.5. The highest BCUT2D eigenvalue weighted by Crippen LogP contribution is 2.09. The Morgan fingerprint density at radius 2 is 0.873 bits per heavy atom. The number of nitrogens with zero attached hydrogens (tertiary/aromatic N) is 1. The van der Waals surface area contributed by atoms with Gasteiger partial charge >= 0.3 is 36.9 Å². The van der Waals surface area contributed by atoms with E-state index in [9.17, 15) is 62.4 Å². The summed E-state index contributed by atoms with van der Waals surface area (Å²) in [5.74, 6) is -2.59. The molecule has 0 rings (SSSR count). The van der Waals surface area contributed by atoms with Crippen molar-refractivity contribution in [2.24, 2.45) is 59.2 Å². The molecule has 5 N–H and O–H groups in total.